The summed E-state index contributed by atoms with van der Waals surface area (Å²) in [7, 11) is -3.42. The van der Waals surface area contributed by atoms with E-state index < -0.39 is 10.0 Å². The van der Waals surface area contributed by atoms with Gasteiger partial charge >= 0.3 is 0 Å². The number of hydrogen-bond acceptors (Lipinski definition) is 3. The molecular formula is C14H22N2O2S. The van der Waals surface area contributed by atoms with E-state index in [0.717, 1.165) is 11.1 Å². The molecule has 1 aliphatic rings. The molecule has 0 aromatic heterocycles. The third-order valence-electron chi connectivity index (χ3n) is 3.65. The molecule has 1 aromatic carbocycles. The van der Waals surface area contributed by atoms with Gasteiger partial charge in [-0.3, -0.25) is 0 Å². The zero-order chi connectivity index (χ0) is 14.2. The van der Waals surface area contributed by atoms with E-state index in [4.69, 9.17) is 0 Å². The number of nitrogens with one attached hydrogen (secondary N) is 1. The fraction of sp³-hybridized carbons (Fsp3) is 0.571. The first kappa shape index (κ1) is 14.5. The van der Waals surface area contributed by atoms with Crippen molar-refractivity contribution in [3.05, 3.63) is 29.3 Å². The zero-order valence-electron chi connectivity index (χ0n) is 12.0. The van der Waals surface area contributed by atoms with Gasteiger partial charge in [0.2, 0.25) is 10.0 Å². The Morgan fingerprint density at radius 2 is 1.74 bits per heavy atom. The second-order valence-corrected chi connectivity index (χ2v) is 7.27. The molecule has 0 saturated carbocycles. The third-order valence-corrected chi connectivity index (χ3v) is 5.92. The summed E-state index contributed by atoms with van der Waals surface area (Å²) < 4.78 is 27.4. The molecule has 2 rings (SSSR count). The summed E-state index contributed by atoms with van der Waals surface area (Å²) in [6.45, 7) is 9.08. The molecule has 1 fully saturated rings. The molecular weight excluding hydrogens is 260 g/mol. The van der Waals surface area contributed by atoms with Crippen LogP contribution in [0.3, 0.4) is 0 Å². The van der Waals surface area contributed by atoms with Crippen LogP contribution in [0.2, 0.25) is 0 Å². The minimum atomic E-state index is -3.42. The van der Waals surface area contributed by atoms with Gasteiger partial charge in [0.1, 0.15) is 0 Å². The predicted octanol–water partition coefficient (Wildman–Crippen LogP) is 1.67. The highest BCUT2D eigenvalue weighted by Gasteiger charge is 2.36. The molecule has 0 spiro atoms. The van der Waals surface area contributed by atoms with Crippen LogP contribution in [0.15, 0.2) is 23.1 Å². The molecule has 1 heterocycles. The van der Waals surface area contributed by atoms with Crippen molar-refractivity contribution in [3.8, 4) is 0 Å². The molecule has 1 saturated heterocycles. The van der Waals surface area contributed by atoms with Crippen molar-refractivity contribution in [1.82, 2.24) is 9.62 Å². The molecule has 5 heteroatoms. The van der Waals surface area contributed by atoms with E-state index in [9.17, 15) is 8.42 Å². The molecule has 2 atom stereocenters. The average molecular weight is 282 g/mol. The summed E-state index contributed by atoms with van der Waals surface area (Å²) in [5.74, 6) is 0. The van der Waals surface area contributed by atoms with E-state index in [1.54, 1.807) is 10.4 Å². The Balaban J connectivity index is 2.49. The fourth-order valence-electron chi connectivity index (χ4n) is 2.69. The highest BCUT2D eigenvalue weighted by molar-refractivity contribution is 7.89. The van der Waals surface area contributed by atoms with E-state index >= 15 is 0 Å². The lowest BCUT2D eigenvalue weighted by atomic mass is 10.2. The van der Waals surface area contributed by atoms with E-state index in [1.807, 2.05) is 39.8 Å². The Morgan fingerprint density at radius 3 is 2.32 bits per heavy atom. The Labute approximate surface area is 115 Å². The number of benzene rings is 1. The third kappa shape index (κ3) is 2.68. The molecule has 0 aliphatic carbocycles. The lowest BCUT2D eigenvalue weighted by Gasteiger charge is -2.38. The summed E-state index contributed by atoms with van der Waals surface area (Å²) in [6.07, 6.45) is 0. The number of nitrogens with zero attached hydrogens (tertiary/aromatic N) is 1. The minimum absolute atomic E-state index is 0.0198. The summed E-state index contributed by atoms with van der Waals surface area (Å²) in [4.78, 5) is 0.438. The number of aryl methyl sites for hydroxylation is 2. The fourth-order valence-corrected chi connectivity index (χ4v) is 4.82. The van der Waals surface area contributed by atoms with Gasteiger partial charge in [-0.15, -0.1) is 0 Å². The highest BCUT2D eigenvalue weighted by Crippen LogP contribution is 2.25. The van der Waals surface area contributed by atoms with Crippen LogP contribution in [-0.4, -0.2) is 37.9 Å². The van der Waals surface area contributed by atoms with E-state index in [1.165, 1.54) is 0 Å². The van der Waals surface area contributed by atoms with Gasteiger partial charge in [0.05, 0.1) is 4.90 Å². The first-order chi connectivity index (χ1) is 8.84. The second-order valence-electron chi connectivity index (χ2n) is 5.46. The van der Waals surface area contributed by atoms with Crippen molar-refractivity contribution in [1.29, 1.82) is 0 Å². The summed E-state index contributed by atoms with van der Waals surface area (Å²) in [6, 6.07) is 5.55. The van der Waals surface area contributed by atoms with Crippen LogP contribution in [0.5, 0.6) is 0 Å². The molecule has 1 N–H and O–H groups in total. The summed E-state index contributed by atoms with van der Waals surface area (Å²) in [5, 5.41) is 3.26. The van der Waals surface area contributed by atoms with Gasteiger partial charge < -0.3 is 5.32 Å². The summed E-state index contributed by atoms with van der Waals surface area (Å²) in [5.41, 5.74) is 1.78. The Bertz CT molecular complexity index is 559. The largest absolute Gasteiger partial charge is 0.314 e. The van der Waals surface area contributed by atoms with Gasteiger partial charge in [-0.1, -0.05) is 12.1 Å². The topological polar surface area (TPSA) is 49.4 Å². The lowest BCUT2D eigenvalue weighted by molar-refractivity contribution is 0.220. The molecule has 0 bridgehead atoms. The molecule has 0 amide bonds. The van der Waals surface area contributed by atoms with Crippen LogP contribution < -0.4 is 5.32 Å². The van der Waals surface area contributed by atoms with E-state index in [2.05, 4.69) is 5.32 Å². The molecule has 0 radical (unpaired) electrons. The molecule has 2 unspecified atom stereocenters. The first-order valence-corrected chi connectivity index (χ1v) is 8.09. The molecule has 4 nitrogen and oxygen atoms in total. The Hall–Kier alpha value is -0.910. The van der Waals surface area contributed by atoms with Crippen molar-refractivity contribution in [3.63, 3.8) is 0 Å². The maximum atomic E-state index is 12.9. The van der Waals surface area contributed by atoms with Gasteiger partial charge in [-0.05, 0) is 44.9 Å². The second kappa shape index (κ2) is 5.23. The van der Waals surface area contributed by atoms with Gasteiger partial charge in [0.25, 0.3) is 0 Å². The smallest absolute Gasteiger partial charge is 0.243 e. The highest BCUT2D eigenvalue weighted by atomic mass is 32.2. The molecule has 1 aliphatic heterocycles. The van der Waals surface area contributed by atoms with Crippen LogP contribution in [0, 0.1) is 13.8 Å². The van der Waals surface area contributed by atoms with Crippen molar-refractivity contribution in [2.45, 2.75) is 44.7 Å². The van der Waals surface area contributed by atoms with Crippen LogP contribution in [0.4, 0.5) is 0 Å². The monoisotopic (exact) mass is 282 g/mol. The van der Waals surface area contributed by atoms with Crippen molar-refractivity contribution < 1.29 is 8.42 Å². The van der Waals surface area contributed by atoms with Crippen LogP contribution in [0.25, 0.3) is 0 Å². The molecule has 19 heavy (non-hydrogen) atoms. The normalized spacial score (nSPS) is 25.5. The first-order valence-electron chi connectivity index (χ1n) is 6.65. The number of hydrogen-bond donors (Lipinski definition) is 1. The lowest BCUT2D eigenvalue weighted by Crippen LogP contribution is -2.57. The van der Waals surface area contributed by atoms with E-state index in [-0.39, 0.29) is 12.1 Å². The zero-order valence-corrected chi connectivity index (χ0v) is 12.8. The van der Waals surface area contributed by atoms with Crippen LogP contribution in [0.1, 0.15) is 25.0 Å². The minimum Gasteiger partial charge on any atom is -0.314 e. The summed E-state index contributed by atoms with van der Waals surface area (Å²) >= 11 is 0. The van der Waals surface area contributed by atoms with Crippen molar-refractivity contribution in [2.75, 3.05) is 13.1 Å². The van der Waals surface area contributed by atoms with Gasteiger partial charge in [-0.2, -0.15) is 4.31 Å². The number of sulfonamides is 1. The maximum Gasteiger partial charge on any atom is 0.243 e. The van der Waals surface area contributed by atoms with Gasteiger partial charge in [-0.25, -0.2) is 8.42 Å². The standard InChI is InChI=1S/C14H22N2O2S/c1-10-5-6-11(2)14(7-10)19(17,18)16-12(3)8-15-9-13(16)4/h5-7,12-13,15H,8-9H2,1-4H3. The predicted molar refractivity (Wildman–Crippen MR) is 76.7 cm³/mol. The Kier molecular flexibility index (Phi) is 3.99. The SMILES string of the molecule is Cc1ccc(C)c(S(=O)(=O)N2C(C)CNCC2C)c1. The quantitative estimate of drug-likeness (QED) is 0.898. The molecule has 106 valence electrons. The van der Waals surface area contributed by atoms with E-state index in [0.29, 0.717) is 18.0 Å². The van der Waals surface area contributed by atoms with Gasteiger partial charge in [0, 0.05) is 25.2 Å². The molecule has 1 aromatic rings. The number of piperazine rings is 1. The maximum absolute atomic E-state index is 12.9. The number of rotatable bonds is 2. The Morgan fingerprint density at radius 1 is 1.16 bits per heavy atom. The van der Waals surface area contributed by atoms with Gasteiger partial charge in [0.15, 0.2) is 0 Å². The van der Waals surface area contributed by atoms with Crippen molar-refractivity contribution in [2.24, 2.45) is 0 Å². The van der Waals surface area contributed by atoms with Crippen molar-refractivity contribution >= 4 is 10.0 Å². The average Bonchev–Trinajstić information content (AvgIpc) is 2.31. The van der Waals surface area contributed by atoms with Crippen LogP contribution in [-0.2, 0) is 10.0 Å². The van der Waals surface area contributed by atoms with Crippen LogP contribution >= 0.6 is 0 Å².